The predicted molar refractivity (Wildman–Crippen MR) is 384 cm³/mol. The number of carbonyl (C=O) groups excluding carboxylic acids is 3. The quantitative estimate of drug-likeness (QED) is 0.0176. The van der Waals surface area contributed by atoms with E-state index in [1.165, 1.54) is 53.7 Å². The molecule has 2 heterocycles. The third-order valence-corrected chi connectivity index (χ3v) is 18.7. The first-order valence-electron chi connectivity index (χ1n) is 34.1. The number of amides is 2. The molecule has 2 amide bonds. The number of halogens is 2. The van der Waals surface area contributed by atoms with Gasteiger partial charge in [-0.3, -0.25) is 0 Å². The van der Waals surface area contributed by atoms with E-state index in [0.29, 0.717) is 63.1 Å². The number of fused-ring (bicyclic) bond motifs is 2. The van der Waals surface area contributed by atoms with Gasteiger partial charge >= 0.3 is 182 Å². The number of quaternary nitrogens is 1. The average molecular weight is 1280 g/mol. The van der Waals surface area contributed by atoms with Gasteiger partial charge in [0.1, 0.15) is 23.2 Å². The number of rotatable bonds is 27. The zero-order chi connectivity index (χ0) is 67.3. The summed E-state index contributed by atoms with van der Waals surface area (Å²) in [6.07, 6.45) is 13.2. The summed E-state index contributed by atoms with van der Waals surface area (Å²) in [4.78, 5) is 44.0. The predicted octanol–water partition coefficient (Wildman–Crippen LogP) is 17.7. The Morgan fingerprint density at radius 1 is 0.880 bits per heavy atom. The van der Waals surface area contributed by atoms with Crippen LogP contribution in [-0.2, 0) is 32.2 Å². The van der Waals surface area contributed by atoms with Gasteiger partial charge in [0.05, 0.1) is 27.2 Å². The van der Waals surface area contributed by atoms with E-state index in [1.807, 2.05) is 81.1 Å². The molecule has 3 unspecified atom stereocenters. The van der Waals surface area contributed by atoms with Gasteiger partial charge in [0.15, 0.2) is 0 Å². The molecule has 0 saturated heterocycles. The van der Waals surface area contributed by atoms with E-state index in [4.69, 9.17) is 33.3 Å². The first kappa shape index (κ1) is 74.3. The van der Waals surface area contributed by atoms with Crippen molar-refractivity contribution in [3.8, 4) is 11.5 Å². The summed E-state index contributed by atoms with van der Waals surface area (Å²) in [6.45, 7) is 29.5. The van der Waals surface area contributed by atoms with Crippen LogP contribution in [0.25, 0.3) is 27.6 Å². The summed E-state index contributed by atoms with van der Waals surface area (Å²) in [5.74, 6) is 3.40. The van der Waals surface area contributed by atoms with Crippen LogP contribution in [0.3, 0.4) is 0 Å². The van der Waals surface area contributed by atoms with Crippen molar-refractivity contribution in [3.05, 3.63) is 152 Å². The summed E-state index contributed by atoms with van der Waals surface area (Å²) in [5.41, 5.74) is 13.6. The first-order chi connectivity index (χ1) is 43.9. The van der Waals surface area contributed by atoms with Gasteiger partial charge in [0.25, 0.3) is 0 Å². The number of allylic oxidation sites excluding steroid dienone is 2. The van der Waals surface area contributed by atoms with Gasteiger partial charge in [-0.25, -0.2) is 9.18 Å². The monoisotopic (exact) mass is 1280 g/mol. The second kappa shape index (κ2) is 35.5. The fraction of sp³-hybridized carbons (Fsp3) is 0.513. The van der Waals surface area contributed by atoms with Crippen LogP contribution < -0.4 is 20.1 Å². The molecule has 5 aromatic carbocycles. The molecule has 11 nitrogen and oxygen atoms in total. The number of nitrogens with one attached hydrogen (secondary N) is 2. The van der Waals surface area contributed by atoms with E-state index in [-0.39, 0.29) is 42.3 Å². The molecule has 0 aromatic heterocycles. The van der Waals surface area contributed by atoms with Crippen LogP contribution in [0.5, 0.6) is 11.5 Å². The number of benzene rings is 5. The summed E-state index contributed by atoms with van der Waals surface area (Å²) in [6, 6.07) is 28.8. The number of anilines is 1. The molecule has 1 fully saturated rings. The van der Waals surface area contributed by atoms with Crippen molar-refractivity contribution in [2.45, 2.75) is 204 Å². The van der Waals surface area contributed by atoms with Gasteiger partial charge < -0.3 is 14.0 Å². The van der Waals surface area contributed by atoms with Crippen molar-refractivity contribution in [1.82, 2.24) is 15.1 Å². The Hall–Kier alpha value is -6.70. The van der Waals surface area contributed by atoms with Gasteiger partial charge in [-0.15, -0.1) is 0 Å². The van der Waals surface area contributed by atoms with Crippen molar-refractivity contribution in [2.24, 2.45) is 5.92 Å². The number of nitrogens with zero attached hydrogens (tertiary/aromatic N) is 3. The molecule has 2 aliphatic heterocycles. The van der Waals surface area contributed by atoms with E-state index in [1.54, 1.807) is 19.1 Å². The second-order valence-electron chi connectivity index (χ2n) is 26.8. The van der Waals surface area contributed by atoms with E-state index in [2.05, 4.69) is 109 Å². The fourth-order valence-electron chi connectivity index (χ4n) is 12.7. The number of esters is 1. The fourth-order valence-corrected chi connectivity index (χ4v) is 13.0. The molecule has 92 heavy (non-hydrogen) atoms. The summed E-state index contributed by atoms with van der Waals surface area (Å²) in [5, 5.41) is 8.84. The van der Waals surface area contributed by atoms with Crippen molar-refractivity contribution in [3.63, 3.8) is 0 Å². The van der Waals surface area contributed by atoms with Crippen molar-refractivity contribution in [2.75, 3.05) is 59.3 Å². The van der Waals surface area contributed by atoms with E-state index in [0.717, 1.165) is 135 Å². The normalized spacial score (nSPS) is 16.0. The van der Waals surface area contributed by atoms with Crippen LogP contribution >= 0.6 is 11.6 Å². The summed E-state index contributed by atoms with van der Waals surface area (Å²) < 4.78 is 33.2. The van der Waals surface area contributed by atoms with Gasteiger partial charge in [0, 0.05) is 46.6 Å². The zero-order valence-electron chi connectivity index (χ0n) is 58.4. The molecule has 14 heteroatoms. The molecule has 1 radical (unpaired) electrons. The van der Waals surface area contributed by atoms with Crippen LogP contribution in [-0.4, -0.2) is 117 Å². The molecular weight excluding hydrogens is 1170 g/mol. The Bertz CT molecular complexity index is 3390. The van der Waals surface area contributed by atoms with Crippen LogP contribution in [0.1, 0.15) is 199 Å². The van der Waals surface area contributed by atoms with Crippen LogP contribution in [0.15, 0.2) is 108 Å². The Morgan fingerprint density at radius 3 is 2.21 bits per heavy atom. The number of hydrogen-bond donors (Lipinski definition) is 2. The van der Waals surface area contributed by atoms with Gasteiger partial charge in [-0.05, 0) is 132 Å². The first-order valence-corrected chi connectivity index (χ1v) is 34.5. The molecule has 497 valence electrons. The number of likely N-dealkylation sites (N-methyl/N-ethyl adjacent to an activating group) is 2. The third kappa shape index (κ3) is 19.9. The molecule has 3 aliphatic rings. The SMILES string of the molecule is CC/C(C(=O)OC(C)(C)C)=C(/CCCOc1cccc2cc(F)ccc12)c1ccc(Cl)c(C2=C(C)CC[N+](C)(C)C2C)c1C.CCCC(C)CC.[B]=CCCC(C(=O)NC)N1Cc2c(OCC(=O)N(CCC)CCC)cc(NCc3ccccc3)cc2C1=C1CCC1. The van der Waals surface area contributed by atoms with Crippen molar-refractivity contribution < 1.29 is 37.5 Å². The van der Waals surface area contributed by atoms with Gasteiger partial charge in [-0.1, -0.05) is 127 Å². The molecule has 8 rings (SSSR count). The molecule has 1 saturated carbocycles. The molecule has 0 bridgehead atoms. The van der Waals surface area contributed by atoms with E-state index >= 15 is 0 Å². The minimum atomic E-state index is -0.608. The van der Waals surface area contributed by atoms with Gasteiger partial charge in [-0.2, -0.15) is 0 Å². The maximum absolute atomic E-state index is 13.8. The van der Waals surface area contributed by atoms with Crippen molar-refractivity contribution in [1.29, 1.82) is 0 Å². The Kier molecular flexibility index (Phi) is 28.7. The standard InChI is InChI=1S/C38H48ClFNO3.C33H44BN4O3.C7H16/c1-10-29(37(42)44-38(5,6)7)32(14-12-22-43-34-15-11-13-27-23-28(40)16-17-31(27)34)30-18-19-33(39)36(25(30)3)35-24(2)20-21-41(8,9)26(35)4;1-4-17-37(18-5-2)31(39)23-41-30-20-26(36-21-24-11-7-6-8-12-24)19-27-28(30)22-38(32(27)25-13-9-14-25)29(15-10-16-34)33(40)35-3;1-4-6-7(3)5-2/h11,13,15-19,23,26H,10,12,14,20-22H2,1-9H3;6-8,11-12,16,19-20,29,36H,4-5,9-10,13-15,17-18,21-23H2,1-3H3,(H,35,40);7H,4-6H2,1-3H3/q+1;;/b32-29+;;. The second-order valence-corrected chi connectivity index (χ2v) is 27.2. The van der Waals surface area contributed by atoms with Crippen molar-refractivity contribution >= 4 is 76.1 Å². The minimum absolute atomic E-state index is 0.000702. The average Bonchev–Trinajstić information content (AvgIpc) is 1.15. The van der Waals surface area contributed by atoms with Crippen LogP contribution in [0.2, 0.25) is 5.02 Å². The molecule has 1 aliphatic carbocycles. The molecular formula is C78H108BClFN5O6+. The third-order valence-electron chi connectivity index (χ3n) is 18.4. The summed E-state index contributed by atoms with van der Waals surface area (Å²) >= 11 is 6.99. The molecule has 2 N–H and O–H groups in total. The number of hydrogen-bond acceptors (Lipinski definition) is 8. The topological polar surface area (TPSA) is 109 Å². The Balaban J connectivity index is 0.000000265. The zero-order valence-corrected chi connectivity index (χ0v) is 59.2. The van der Waals surface area contributed by atoms with Crippen LogP contribution in [0, 0.1) is 18.7 Å². The molecule has 5 aromatic rings. The summed E-state index contributed by atoms with van der Waals surface area (Å²) in [7, 11) is 12.0. The van der Waals surface area contributed by atoms with Gasteiger partial charge in [0.2, 0.25) is 0 Å². The van der Waals surface area contributed by atoms with Crippen LogP contribution in [0.4, 0.5) is 10.1 Å². The Morgan fingerprint density at radius 2 is 1.60 bits per heavy atom. The number of ether oxygens (including phenoxy) is 3. The Labute approximate surface area is 558 Å². The number of carbonyl (C=O) groups is 3. The van der Waals surface area contributed by atoms with E-state index in [9.17, 15) is 18.8 Å². The molecule has 0 spiro atoms. The van der Waals surface area contributed by atoms with E-state index < -0.39 is 5.60 Å². The molecule has 3 atom stereocenters. The maximum atomic E-state index is 13.8.